The van der Waals surface area contributed by atoms with Gasteiger partial charge in [0.15, 0.2) is 0 Å². The quantitative estimate of drug-likeness (QED) is 0.783. The second-order valence-electron chi connectivity index (χ2n) is 5.07. The standard InChI is InChI=1S/C14H20OS/c1-11-4-5-13(12(2)8-11)15-9-14(10-16)6-3-7-14/h4-5,8,16H,3,6-7,9-10H2,1-2H3. The summed E-state index contributed by atoms with van der Waals surface area (Å²) in [5.41, 5.74) is 2.87. The van der Waals surface area contributed by atoms with Crippen LogP contribution >= 0.6 is 12.6 Å². The lowest BCUT2D eigenvalue weighted by Crippen LogP contribution is -2.37. The molecule has 1 nitrogen and oxygen atoms in total. The maximum atomic E-state index is 5.94. The van der Waals surface area contributed by atoms with E-state index >= 15 is 0 Å². The molecule has 88 valence electrons. The zero-order valence-corrected chi connectivity index (χ0v) is 11.0. The molecule has 0 heterocycles. The Kier molecular flexibility index (Phi) is 3.48. The van der Waals surface area contributed by atoms with Gasteiger partial charge < -0.3 is 4.74 Å². The summed E-state index contributed by atoms with van der Waals surface area (Å²) in [4.78, 5) is 0. The first-order valence-electron chi connectivity index (χ1n) is 5.96. The lowest BCUT2D eigenvalue weighted by molar-refractivity contribution is 0.0825. The van der Waals surface area contributed by atoms with Crippen LogP contribution in [-0.4, -0.2) is 12.4 Å². The molecule has 0 radical (unpaired) electrons. The molecule has 0 spiro atoms. The van der Waals surface area contributed by atoms with Crippen LogP contribution in [0.5, 0.6) is 5.75 Å². The van der Waals surface area contributed by atoms with Crippen molar-refractivity contribution in [3.05, 3.63) is 29.3 Å². The number of aryl methyl sites for hydroxylation is 2. The second-order valence-corrected chi connectivity index (χ2v) is 5.39. The molecule has 2 heteroatoms. The predicted molar refractivity (Wildman–Crippen MR) is 71.5 cm³/mol. The largest absolute Gasteiger partial charge is 0.493 e. The number of hydrogen-bond acceptors (Lipinski definition) is 2. The van der Waals surface area contributed by atoms with E-state index in [-0.39, 0.29) is 0 Å². The molecule has 2 rings (SSSR count). The van der Waals surface area contributed by atoms with Crippen molar-refractivity contribution in [2.75, 3.05) is 12.4 Å². The SMILES string of the molecule is Cc1ccc(OCC2(CS)CCC2)c(C)c1. The summed E-state index contributed by atoms with van der Waals surface area (Å²) in [6, 6.07) is 6.36. The van der Waals surface area contributed by atoms with Crippen LogP contribution in [0, 0.1) is 19.3 Å². The molecule has 0 aromatic heterocycles. The third kappa shape index (κ3) is 2.37. The highest BCUT2D eigenvalue weighted by atomic mass is 32.1. The average Bonchev–Trinajstić information content (AvgIpc) is 2.19. The summed E-state index contributed by atoms with van der Waals surface area (Å²) in [7, 11) is 0. The molecule has 1 aromatic carbocycles. The lowest BCUT2D eigenvalue weighted by Gasteiger charge is -2.40. The van der Waals surface area contributed by atoms with Gasteiger partial charge in [-0.1, -0.05) is 24.1 Å². The van der Waals surface area contributed by atoms with Gasteiger partial charge in [-0.05, 0) is 44.1 Å². The Morgan fingerprint density at radius 1 is 1.31 bits per heavy atom. The Morgan fingerprint density at radius 2 is 2.06 bits per heavy atom. The summed E-state index contributed by atoms with van der Waals surface area (Å²) in [5, 5.41) is 0. The van der Waals surface area contributed by atoms with Gasteiger partial charge in [-0.25, -0.2) is 0 Å². The lowest BCUT2D eigenvalue weighted by atomic mass is 9.71. The number of benzene rings is 1. The number of rotatable bonds is 4. The fraction of sp³-hybridized carbons (Fsp3) is 0.571. The Labute approximate surface area is 104 Å². The van der Waals surface area contributed by atoms with Gasteiger partial charge >= 0.3 is 0 Å². The highest BCUT2D eigenvalue weighted by molar-refractivity contribution is 7.80. The molecule has 0 amide bonds. The summed E-state index contributed by atoms with van der Waals surface area (Å²) in [6.45, 7) is 5.04. The molecule has 1 aromatic rings. The van der Waals surface area contributed by atoms with Crippen LogP contribution in [0.3, 0.4) is 0 Å². The molecule has 1 aliphatic rings. The van der Waals surface area contributed by atoms with Crippen molar-refractivity contribution >= 4 is 12.6 Å². The van der Waals surface area contributed by atoms with Crippen LogP contribution in [-0.2, 0) is 0 Å². The van der Waals surface area contributed by atoms with Gasteiger partial charge in [0, 0.05) is 5.41 Å². The summed E-state index contributed by atoms with van der Waals surface area (Å²) in [5.74, 6) is 1.97. The summed E-state index contributed by atoms with van der Waals surface area (Å²) >= 11 is 4.44. The number of hydrogen-bond donors (Lipinski definition) is 1. The molecule has 0 N–H and O–H groups in total. The summed E-state index contributed by atoms with van der Waals surface area (Å²) < 4.78 is 5.94. The predicted octanol–water partition coefficient (Wildman–Crippen LogP) is 3.78. The van der Waals surface area contributed by atoms with E-state index in [1.807, 2.05) is 0 Å². The van der Waals surface area contributed by atoms with Gasteiger partial charge in [0.25, 0.3) is 0 Å². The zero-order chi connectivity index (χ0) is 11.6. The monoisotopic (exact) mass is 236 g/mol. The first-order valence-corrected chi connectivity index (χ1v) is 6.59. The topological polar surface area (TPSA) is 9.23 Å². The highest BCUT2D eigenvalue weighted by Gasteiger charge is 2.36. The fourth-order valence-corrected chi connectivity index (χ4v) is 2.62. The van der Waals surface area contributed by atoms with Gasteiger partial charge in [-0.2, -0.15) is 12.6 Å². The van der Waals surface area contributed by atoms with Crippen molar-refractivity contribution in [2.24, 2.45) is 5.41 Å². The van der Waals surface area contributed by atoms with Crippen LogP contribution in [0.25, 0.3) is 0 Å². The third-order valence-corrected chi connectivity index (χ3v) is 4.28. The molecule has 16 heavy (non-hydrogen) atoms. The smallest absolute Gasteiger partial charge is 0.122 e. The van der Waals surface area contributed by atoms with Gasteiger partial charge in [0.1, 0.15) is 5.75 Å². The van der Waals surface area contributed by atoms with Gasteiger partial charge in [-0.3, -0.25) is 0 Å². The van der Waals surface area contributed by atoms with Crippen molar-refractivity contribution in [3.8, 4) is 5.75 Å². The molecular formula is C14H20OS. The third-order valence-electron chi connectivity index (χ3n) is 3.61. The second kappa shape index (κ2) is 4.70. The molecular weight excluding hydrogens is 216 g/mol. The van der Waals surface area contributed by atoms with Crippen LogP contribution in [0.1, 0.15) is 30.4 Å². The van der Waals surface area contributed by atoms with E-state index in [0.29, 0.717) is 5.41 Å². The van der Waals surface area contributed by atoms with E-state index < -0.39 is 0 Å². The van der Waals surface area contributed by atoms with Crippen LogP contribution in [0.2, 0.25) is 0 Å². The normalized spacial score (nSPS) is 17.9. The summed E-state index contributed by atoms with van der Waals surface area (Å²) in [6.07, 6.45) is 3.86. The van der Waals surface area contributed by atoms with E-state index in [4.69, 9.17) is 4.74 Å². The van der Waals surface area contributed by atoms with E-state index in [2.05, 4.69) is 44.7 Å². The minimum Gasteiger partial charge on any atom is -0.493 e. The molecule has 0 aliphatic heterocycles. The highest BCUT2D eigenvalue weighted by Crippen LogP contribution is 2.42. The number of ether oxygens (including phenoxy) is 1. The van der Waals surface area contributed by atoms with E-state index in [1.54, 1.807) is 0 Å². The van der Waals surface area contributed by atoms with Crippen molar-refractivity contribution in [1.29, 1.82) is 0 Å². The first kappa shape index (κ1) is 11.8. The Hall–Kier alpha value is -0.630. The minimum absolute atomic E-state index is 0.348. The molecule has 0 bridgehead atoms. The molecule has 1 fully saturated rings. The Bertz CT molecular complexity index is 363. The minimum atomic E-state index is 0.348. The van der Waals surface area contributed by atoms with E-state index in [1.165, 1.54) is 30.4 Å². The zero-order valence-electron chi connectivity index (χ0n) is 10.1. The molecule has 0 unspecified atom stereocenters. The van der Waals surface area contributed by atoms with Crippen LogP contribution < -0.4 is 4.74 Å². The van der Waals surface area contributed by atoms with Crippen molar-refractivity contribution in [1.82, 2.24) is 0 Å². The maximum Gasteiger partial charge on any atom is 0.122 e. The maximum absolute atomic E-state index is 5.94. The molecule has 1 aliphatic carbocycles. The molecule has 0 saturated heterocycles. The van der Waals surface area contributed by atoms with Crippen molar-refractivity contribution in [2.45, 2.75) is 33.1 Å². The first-order chi connectivity index (χ1) is 7.65. The van der Waals surface area contributed by atoms with Crippen LogP contribution in [0.4, 0.5) is 0 Å². The Morgan fingerprint density at radius 3 is 2.56 bits per heavy atom. The van der Waals surface area contributed by atoms with Crippen molar-refractivity contribution in [3.63, 3.8) is 0 Å². The fourth-order valence-electron chi connectivity index (χ4n) is 2.22. The number of thiol groups is 1. The van der Waals surface area contributed by atoms with E-state index in [0.717, 1.165) is 18.1 Å². The Balaban J connectivity index is 1.99. The molecule has 1 saturated carbocycles. The van der Waals surface area contributed by atoms with Gasteiger partial charge in [-0.15, -0.1) is 0 Å². The van der Waals surface area contributed by atoms with Crippen molar-refractivity contribution < 1.29 is 4.74 Å². The van der Waals surface area contributed by atoms with Gasteiger partial charge in [0.2, 0.25) is 0 Å². The average molecular weight is 236 g/mol. The van der Waals surface area contributed by atoms with Crippen LogP contribution in [0.15, 0.2) is 18.2 Å². The van der Waals surface area contributed by atoms with E-state index in [9.17, 15) is 0 Å². The molecule has 0 atom stereocenters. The van der Waals surface area contributed by atoms with Gasteiger partial charge in [0.05, 0.1) is 6.61 Å².